The summed E-state index contributed by atoms with van der Waals surface area (Å²) in [5.74, 6) is 1.46. The maximum atomic E-state index is 13.1. The second-order valence-corrected chi connectivity index (χ2v) is 10.5. The quantitative estimate of drug-likeness (QED) is 0.332. The molecule has 37 heavy (non-hydrogen) atoms. The second-order valence-electron chi connectivity index (χ2n) is 9.36. The van der Waals surface area contributed by atoms with Crippen molar-refractivity contribution in [2.24, 2.45) is 0 Å². The lowest BCUT2D eigenvalue weighted by molar-refractivity contribution is -0.132. The van der Waals surface area contributed by atoms with Gasteiger partial charge in [0.2, 0.25) is 5.91 Å². The van der Waals surface area contributed by atoms with E-state index in [2.05, 4.69) is 78.5 Å². The van der Waals surface area contributed by atoms with Crippen molar-refractivity contribution in [3.05, 3.63) is 77.9 Å². The first-order valence-corrected chi connectivity index (χ1v) is 13.6. The first-order chi connectivity index (χ1) is 17.9. The van der Waals surface area contributed by atoms with Crippen molar-refractivity contribution in [3.63, 3.8) is 0 Å². The number of methoxy groups -OCH3 is 2. The summed E-state index contributed by atoms with van der Waals surface area (Å²) in [6.45, 7) is 9.66. The van der Waals surface area contributed by atoms with E-state index in [1.54, 1.807) is 26.2 Å². The Morgan fingerprint density at radius 2 is 1.68 bits per heavy atom. The van der Waals surface area contributed by atoms with Crippen molar-refractivity contribution in [1.82, 2.24) is 4.90 Å². The molecule has 1 aliphatic rings. The van der Waals surface area contributed by atoms with E-state index in [9.17, 15) is 4.79 Å². The summed E-state index contributed by atoms with van der Waals surface area (Å²) in [4.78, 5) is 18.7. The monoisotopic (exact) mass is 519 g/mol. The number of hydrogen-bond donors (Lipinski definition) is 0. The molecule has 3 aromatic carbocycles. The summed E-state index contributed by atoms with van der Waals surface area (Å²) in [5.41, 5.74) is 4.58. The van der Waals surface area contributed by atoms with Gasteiger partial charge in [-0.15, -0.1) is 0 Å². The highest BCUT2D eigenvalue weighted by molar-refractivity contribution is 8.00. The minimum atomic E-state index is 0.130. The molecule has 4 rings (SSSR count). The molecule has 3 aromatic rings. The van der Waals surface area contributed by atoms with E-state index in [0.717, 1.165) is 25.2 Å². The number of piperazine rings is 1. The Balaban J connectivity index is 1.35. The molecular weight excluding hydrogens is 482 g/mol. The van der Waals surface area contributed by atoms with Gasteiger partial charge in [-0.05, 0) is 86.8 Å². The topological polar surface area (TPSA) is 45.2 Å². The van der Waals surface area contributed by atoms with Crippen LogP contribution in [0.25, 0.3) is 0 Å². The summed E-state index contributed by atoms with van der Waals surface area (Å²) in [7, 11) is 3.22. The Kier molecular flexibility index (Phi) is 8.87. The zero-order valence-corrected chi connectivity index (χ0v) is 23.3. The maximum Gasteiger partial charge on any atom is 0.227 e. The summed E-state index contributed by atoms with van der Waals surface area (Å²) < 4.78 is 13.0. The molecule has 1 aliphatic heterocycles. The first-order valence-electron chi connectivity index (χ1n) is 12.8. The van der Waals surface area contributed by atoms with Crippen LogP contribution >= 0.6 is 11.9 Å². The average Bonchev–Trinajstić information content (AvgIpc) is 2.92. The standard InChI is InChI=1S/C30H37N3O3S/c1-6-33(37-27-14-7-22(2)8-15-27)26-12-10-25(11-13-26)31-17-18-32(23(3)21-31)30(34)20-24-9-16-28(35-4)29(19-24)36-5/h7-16,19,23H,6,17-18,20-21H2,1-5H3/t23-/m1/s1. The van der Waals surface area contributed by atoms with Gasteiger partial charge in [0.05, 0.1) is 20.6 Å². The molecule has 0 bridgehead atoms. The number of amides is 1. The number of aryl methyl sites for hydroxylation is 1. The van der Waals surface area contributed by atoms with Crippen LogP contribution < -0.4 is 18.7 Å². The minimum absolute atomic E-state index is 0.130. The van der Waals surface area contributed by atoms with E-state index in [1.165, 1.54) is 21.8 Å². The van der Waals surface area contributed by atoms with Gasteiger partial charge < -0.3 is 23.6 Å². The number of hydrogen-bond acceptors (Lipinski definition) is 6. The van der Waals surface area contributed by atoms with Gasteiger partial charge in [-0.25, -0.2) is 0 Å². The van der Waals surface area contributed by atoms with E-state index in [1.807, 2.05) is 23.1 Å². The fourth-order valence-electron chi connectivity index (χ4n) is 4.69. The van der Waals surface area contributed by atoms with Gasteiger partial charge in [-0.3, -0.25) is 4.79 Å². The zero-order valence-electron chi connectivity index (χ0n) is 22.4. The molecule has 1 atom stereocenters. The number of carbonyl (C=O) groups excluding carboxylic acids is 1. The predicted octanol–water partition coefficient (Wildman–Crippen LogP) is 5.83. The van der Waals surface area contributed by atoms with Crippen LogP contribution in [-0.4, -0.2) is 57.2 Å². The molecule has 0 aliphatic carbocycles. The van der Waals surface area contributed by atoms with E-state index < -0.39 is 0 Å². The van der Waals surface area contributed by atoms with Gasteiger partial charge in [0, 0.05) is 48.5 Å². The first kappa shape index (κ1) is 26.7. The average molecular weight is 520 g/mol. The maximum absolute atomic E-state index is 13.1. The van der Waals surface area contributed by atoms with Gasteiger partial charge in [0.15, 0.2) is 11.5 Å². The number of anilines is 2. The van der Waals surface area contributed by atoms with Gasteiger partial charge in [-0.2, -0.15) is 0 Å². The Morgan fingerprint density at radius 1 is 0.973 bits per heavy atom. The molecule has 6 nitrogen and oxygen atoms in total. The number of ether oxygens (including phenoxy) is 2. The van der Waals surface area contributed by atoms with Crippen LogP contribution in [0, 0.1) is 6.92 Å². The molecule has 0 spiro atoms. The molecule has 7 heteroatoms. The smallest absolute Gasteiger partial charge is 0.227 e. The lowest BCUT2D eigenvalue weighted by atomic mass is 10.1. The van der Waals surface area contributed by atoms with Gasteiger partial charge in [0.25, 0.3) is 0 Å². The molecule has 0 unspecified atom stereocenters. The van der Waals surface area contributed by atoms with Crippen molar-refractivity contribution < 1.29 is 14.3 Å². The van der Waals surface area contributed by atoms with E-state index in [0.29, 0.717) is 24.5 Å². The third-order valence-corrected chi connectivity index (χ3v) is 7.95. The molecule has 1 saturated heterocycles. The molecule has 1 fully saturated rings. The molecule has 1 amide bonds. The largest absolute Gasteiger partial charge is 0.493 e. The van der Waals surface area contributed by atoms with Crippen LogP contribution in [0.4, 0.5) is 11.4 Å². The third-order valence-electron chi connectivity index (χ3n) is 6.78. The van der Waals surface area contributed by atoms with E-state index >= 15 is 0 Å². The van der Waals surface area contributed by atoms with E-state index in [-0.39, 0.29) is 11.9 Å². The van der Waals surface area contributed by atoms with Crippen molar-refractivity contribution in [2.75, 3.05) is 49.6 Å². The van der Waals surface area contributed by atoms with Crippen LogP contribution in [0.15, 0.2) is 71.6 Å². The second kappa shape index (κ2) is 12.3. The number of nitrogens with zero attached hydrogens (tertiary/aromatic N) is 3. The number of rotatable bonds is 9. The van der Waals surface area contributed by atoms with Crippen molar-refractivity contribution in [3.8, 4) is 11.5 Å². The predicted molar refractivity (Wildman–Crippen MR) is 153 cm³/mol. The molecule has 0 radical (unpaired) electrons. The molecular formula is C30H37N3O3S. The molecule has 0 saturated carbocycles. The van der Waals surface area contributed by atoms with Crippen molar-refractivity contribution >= 4 is 29.2 Å². The lowest BCUT2D eigenvalue weighted by Gasteiger charge is -2.41. The highest BCUT2D eigenvalue weighted by atomic mass is 32.2. The Labute approximate surface area is 225 Å². The van der Waals surface area contributed by atoms with Crippen LogP contribution in [0.1, 0.15) is 25.0 Å². The zero-order chi connectivity index (χ0) is 26.4. The Hall–Kier alpha value is -3.32. The molecule has 1 heterocycles. The van der Waals surface area contributed by atoms with E-state index in [4.69, 9.17) is 9.47 Å². The third kappa shape index (κ3) is 6.52. The molecule has 196 valence electrons. The van der Waals surface area contributed by atoms with Gasteiger partial charge in [0.1, 0.15) is 0 Å². The Bertz CT molecular complexity index is 1180. The number of benzene rings is 3. The van der Waals surface area contributed by atoms with Crippen molar-refractivity contribution in [2.45, 2.75) is 38.1 Å². The van der Waals surface area contributed by atoms with Gasteiger partial charge >= 0.3 is 0 Å². The summed E-state index contributed by atoms with van der Waals surface area (Å²) in [6, 6.07) is 23.2. The van der Waals surface area contributed by atoms with Gasteiger partial charge in [-0.1, -0.05) is 23.8 Å². The number of carbonyl (C=O) groups is 1. The highest BCUT2D eigenvalue weighted by Gasteiger charge is 2.27. The van der Waals surface area contributed by atoms with Crippen LogP contribution in [0.5, 0.6) is 11.5 Å². The molecule has 0 aromatic heterocycles. The van der Waals surface area contributed by atoms with Crippen LogP contribution in [0.2, 0.25) is 0 Å². The van der Waals surface area contributed by atoms with Crippen molar-refractivity contribution in [1.29, 1.82) is 0 Å². The highest BCUT2D eigenvalue weighted by Crippen LogP contribution is 2.31. The summed E-state index contributed by atoms with van der Waals surface area (Å²) in [6.07, 6.45) is 0.352. The Morgan fingerprint density at radius 3 is 2.30 bits per heavy atom. The van der Waals surface area contributed by atoms with Crippen LogP contribution in [0.3, 0.4) is 0 Å². The van der Waals surface area contributed by atoms with Crippen LogP contribution in [-0.2, 0) is 11.2 Å². The normalized spacial score (nSPS) is 15.4. The fourth-order valence-corrected chi connectivity index (χ4v) is 5.55. The SMILES string of the molecule is CCN(Sc1ccc(C)cc1)c1ccc(N2CCN(C(=O)Cc3ccc(OC)c(OC)c3)[C@H](C)C2)cc1. The lowest BCUT2D eigenvalue weighted by Crippen LogP contribution is -2.54. The summed E-state index contributed by atoms with van der Waals surface area (Å²) >= 11 is 1.76. The minimum Gasteiger partial charge on any atom is -0.493 e. The molecule has 0 N–H and O–H groups in total. The fraction of sp³-hybridized carbons (Fsp3) is 0.367. The summed E-state index contributed by atoms with van der Waals surface area (Å²) in [5, 5.41) is 0.